The van der Waals surface area contributed by atoms with Gasteiger partial charge in [-0.2, -0.15) is 5.10 Å². The summed E-state index contributed by atoms with van der Waals surface area (Å²) in [5.41, 5.74) is 2.24. The number of aromatic amines is 1. The summed E-state index contributed by atoms with van der Waals surface area (Å²) in [6.07, 6.45) is 1.05. The first-order valence-electron chi connectivity index (χ1n) is 8.75. The zero-order valence-electron chi connectivity index (χ0n) is 14.0. The van der Waals surface area contributed by atoms with Crippen LogP contribution in [0.3, 0.4) is 0 Å². The highest BCUT2D eigenvalue weighted by atomic mass is 19.1. The number of nitrogens with one attached hydrogen (secondary N) is 3. The molecular formula is C18H22FN5O. The Balaban J connectivity index is 1.56. The molecule has 132 valence electrons. The van der Waals surface area contributed by atoms with E-state index >= 15 is 0 Å². The number of aromatic nitrogens is 2. The van der Waals surface area contributed by atoms with Gasteiger partial charge in [0, 0.05) is 37.8 Å². The number of carbonyl (C=O) groups excluding carboxylic acids is 1. The SMILES string of the molecule is O=C(c1cc(C2CCNC2)[nH]n1)N1CCNCC1c1cccc(F)c1. The molecule has 1 amide bonds. The average molecular weight is 343 g/mol. The number of hydrogen-bond donors (Lipinski definition) is 3. The lowest BCUT2D eigenvalue weighted by molar-refractivity contribution is 0.0628. The second-order valence-electron chi connectivity index (χ2n) is 6.67. The van der Waals surface area contributed by atoms with Gasteiger partial charge in [-0.05, 0) is 36.7 Å². The Kier molecular flexibility index (Phi) is 4.50. The van der Waals surface area contributed by atoms with Crippen molar-refractivity contribution in [2.24, 2.45) is 0 Å². The van der Waals surface area contributed by atoms with Gasteiger partial charge in [-0.3, -0.25) is 9.89 Å². The maximum absolute atomic E-state index is 13.6. The van der Waals surface area contributed by atoms with E-state index in [4.69, 9.17) is 0 Å². The van der Waals surface area contributed by atoms with Crippen LogP contribution in [0.4, 0.5) is 4.39 Å². The lowest BCUT2D eigenvalue weighted by atomic mass is 10.0. The fourth-order valence-corrected chi connectivity index (χ4v) is 3.68. The molecule has 3 N–H and O–H groups in total. The molecule has 2 atom stereocenters. The lowest BCUT2D eigenvalue weighted by Crippen LogP contribution is -2.48. The monoisotopic (exact) mass is 343 g/mol. The van der Waals surface area contributed by atoms with Gasteiger partial charge in [0.1, 0.15) is 11.5 Å². The summed E-state index contributed by atoms with van der Waals surface area (Å²) in [6, 6.07) is 8.14. The number of benzene rings is 1. The zero-order valence-corrected chi connectivity index (χ0v) is 14.0. The maximum Gasteiger partial charge on any atom is 0.274 e. The van der Waals surface area contributed by atoms with Crippen molar-refractivity contribution in [2.45, 2.75) is 18.4 Å². The minimum Gasteiger partial charge on any atom is -0.328 e. The molecule has 25 heavy (non-hydrogen) atoms. The van der Waals surface area contributed by atoms with Crippen LogP contribution in [0.1, 0.15) is 40.1 Å². The van der Waals surface area contributed by atoms with E-state index in [1.807, 2.05) is 12.1 Å². The first kappa shape index (κ1) is 16.2. The minimum atomic E-state index is -0.286. The van der Waals surface area contributed by atoms with Crippen LogP contribution >= 0.6 is 0 Å². The van der Waals surface area contributed by atoms with Crippen LogP contribution < -0.4 is 10.6 Å². The van der Waals surface area contributed by atoms with E-state index in [0.29, 0.717) is 24.7 Å². The van der Waals surface area contributed by atoms with Gasteiger partial charge in [-0.25, -0.2) is 4.39 Å². The van der Waals surface area contributed by atoms with Crippen molar-refractivity contribution < 1.29 is 9.18 Å². The van der Waals surface area contributed by atoms with Crippen LogP contribution in [-0.2, 0) is 0 Å². The van der Waals surface area contributed by atoms with E-state index in [1.54, 1.807) is 11.0 Å². The highest BCUT2D eigenvalue weighted by Crippen LogP contribution is 2.26. The Morgan fingerprint density at radius 3 is 2.88 bits per heavy atom. The molecule has 4 rings (SSSR count). The van der Waals surface area contributed by atoms with Crippen molar-refractivity contribution in [3.8, 4) is 0 Å². The molecule has 0 saturated carbocycles. The molecule has 2 aliphatic heterocycles. The topological polar surface area (TPSA) is 73.0 Å². The molecule has 2 unspecified atom stereocenters. The number of carbonyl (C=O) groups is 1. The van der Waals surface area contributed by atoms with Gasteiger partial charge >= 0.3 is 0 Å². The molecule has 1 aromatic heterocycles. The van der Waals surface area contributed by atoms with Crippen LogP contribution in [0.25, 0.3) is 0 Å². The quantitative estimate of drug-likeness (QED) is 0.788. The maximum atomic E-state index is 13.6. The summed E-state index contributed by atoms with van der Waals surface area (Å²) in [5, 5.41) is 13.9. The second kappa shape index (κ2) is 6.93. The standard InChI is InChI=1S/C18H22FN5O/c19-14-3-1-2-12(8-14)17-11-21-6-7-24(17)18(25)16-9-15(22-23-16)13-4-5-20-10-13/h1-3,8-9,13,17,20-21H,4-7,10-11H2,(H,22,23). The summed E-state index contributed by atoms with van der Waals surface area (Å²) < 4.78 is 13.6. The molecule has 0 aliphatic carbocycles. The van der Waals surface area contributed by atoms with Crippen molar-refractivity contribution in [1.29, 1.82) is 0 Å². The number of hydrogen-bond acceptors (Lipinski definition) is 4. The Labute approximate surface area is 145 Å². The highest BCUT2D eigenvalue weighted by molar-refractivity contribution is 5.92. The Morgan fingerprint density at radius 1 is 1.20 bits per heavy atom. The first-order chi connectivity index (χ1) is 12.2. The van der Waals surface area contributed by atoms with E-state index in [1.165, 1.54) is 12.1 Å². The molecular weight excluding hydrogens is 321 g/mol. The molecule has 0 spiro atoms. The Bertz CT molecular complexity index is 755. The summed E-state index contributed by atoms with van der Waals surface area (Å²) in [4.78, 5) is 14.8. The molecule has 1 aromatic carbocycles. The van der Waals surface area contributed by atoms with Gasteiger partial charge in [-0.15, -0.1) is 0 Å². The fraction of sp³-hybridized carbons (Fsp3) is 0.444. The summed E-state index contributed by atoms with van der Waals surface area (Å²) in [5.74, 6) is -0.00781. The van der Waals surface area contributed by atoms with E-state index in [-0.39, 0.29) is 17.8 Å². The number of H-pyrrole nitrogens is 1. The molecule has 3 heterocycles. The van der Waals surface area contributed by atoms with Gasteiger partial charge in [0.05, 0.1) is 6.04 Å². The molecule has 0 bridgehead atoms. The zero-order chi connectivity index (χ0) is 17.2. The van der Waals surface area contributed by atoms with Crippen LogP contribution in [-0.4, -0.2) is 53.7 Å². The minimum absolute atomic E-state index is 0.107. The number of amides is 1. The Hall–Kier alpha value is -2.25. The van der Waals surface area contributed by atoms with Crippen molar-refractivity contribution in [2.75, 3.05) is 32.7 Å². The van der Waals surface area contributed by atoms with Crippen molar-refractivity contribution in [1.82, 2.24) is 25.7 Å². The molecule has 2 aromatic rings. The van der Waals surface area contributed by atoms with Crippen LogP contribution in [0.15, 0.2) is 30.3 Å². The van der Waals surface area contributed by atoms with Gasteiger partial charge in [0.25, 0.3) is 5.91 Å². The van der Waals surface area contributed by atoms with Crippen molar-refractivity contribution in [3.63, 3.8) is 0 Å². The summed E-state index contributed by atoms with van der Waals surface area (Å²) in [6.45, 7) is 3.81. The van der Waals surface area contributed by atoms with E-state index in [2.05, 4.69) is 20.8 Å². The Morgan fingerprint density at radius 2 is 2.08 bits per heavy atom. The van der Waals surface area contributed by atoms with Gasteiger partial charge < -0.3 is 15.5 Å². The molecule has 0 radical (unpaired) electrons. The van der Waals surface area contributed by atoms with E-state index in [9.17, 15) is 9.18 Å². The van der Waals surface area contributed by atoms with Crippen LogP contribution in [0, 0.1) is 5.82 Å². The summed E-state index contributed by atoms with van der Waals surface area (Å²) in [7, 11) is 0. The van der Waals surface area contributed by atoms with Gasteiger partial charge in [0.2, 0.25) is 0 Å². The van der Waals surface area contributed by atoms with Gasteiger partial charge in [0.15, 0.2) is 0 Å². The van der Waals surface area contributed by atoms with Crippen LogP contribution in [0.5, 0.6) is 0 Å². The predicted molar refractivity (Wildman–Crippen MR) is 91.9 cm³/mol. The number of nitrogens with zero attached hydrogens (tertiary/aromatic N) is 2. The fourth-order valence-electron chi connectivity index (χ4n) is 3.68. The molecule has 7 heteroatoms. The predicted octanol–water partition coefficient (Wildman–Crippen LogP) is 1.41. The second-order valence-corrected chi connectivity index (χ2v) is 6.67. The van der Waals surface area contributed by atoms with E-state index < -0.39 is 0 Å². The number of piperazine rings is 1. The largest absolute Gasteiger partial charge is 0.328 e. The molecule has 6 nitrogen and oxygen atoms in total. The molecule has 2 aliphatic rings. The number of halogens is 1. The molecule has 2 saturated heterocycles. The normalized spacial score (nSPS) is 23.8. The van der Waals surface area contributed by atoms with Crippen molar-refractivity contribution >= 4 is 5.91 Å². The lowest BCUT2D eigenvalue weighted by Gasteiger charge is -2.36. The third-order valence-electron chi connectivity index (χ3n) is 5.05. The number of rotatable bonds is 3. The summed E-state index contributed by atoms with van der Waals surface area (Å²) >= 11 is 0. The van der Waals surface area contributed by atoms with Crippen LogP contribution in [0.2, 0.25) is 0 Å². The van der Waals surface area contributed by atoms with E-state index in [0.717, 1.165) is 37.3 Å². The highest BCUT2D eigenvalue weighted by Gasteiger charge is 2.30. The first-order valence-corrected chi connectivity index (χ1v) is 8.75. The third kappa shape index (κ3) is 3.29. The average Bonchev–Trinajstić information content (AvgIpc) is 3.32. The van der Waals surface area contributed by atoms with Crippen molar-refractivity contribution in [3.05, 3.63) is 53.1 Å². The third-order valence-corrected chi connectivity index (χ3v) is 5.05. The molecule has 2 fully saturated rings. The van der Waals surface area contributed by atoms with Gasteiger partial charge in [-0.1, -0.05) is 12.1 Å². The smallest absolute Gasteiger partial charge is 0.274 e.